The number of hydrogen-bond acceptors (Lipinski definition) is 5. The minimum absolute atomic E-state index is 0.312. The normalized spacial score (nSPS) is 17.2. The molecule has 0 spiro atoms. The van der Waals surface area contributed by atoms with Crippen LogP contribution in [0.4, 0.5) is 5.69 Å². The van der Waals surface area contributed by atoms with Crippen molar-refractivity contribution in [1.82, 2.24) is 9.38 Å². The molecule has 1 N–H and O–H groups in total. The Balaban J connectivity index is 1.43. The first kappa shape index (κ1) is 19.9. The van der Waals surface area contributed by atoms with E-state index in [1.165, 1.54) is 0 Å². The Morgan fingerprint density at radius 3 is 2.66 bits per heavy atom. The molecule has 0 fully saturated rings. The van der Waals surface area contributed by atoms with Gasteiger partial charge in [0.1, 0.15) is 17.5 Å². The van der Waals surface area contributed by atoms with Crippen LogP contribution in [-0.2, 0) is 4.79 Å². The largest absolute Gasteiger partial charge is 0.495 e. The van der Waals surface area contributed by atoms with Crippen LogP contribution in [-0.4, -0.2) is 34.6 Å². The first-order valence-electron chi connectivity index (χ1n) is 10.4. The minimum atomic E-state index is -0.795. The lowest BCUT2D eigenvalue weighted by molar-refractivity contribution is -0.128. The van der Waals surface area contributed by atoms with Crippen molar-refractivity contribution in [3.8, 4) is 28.5 Å². The molecule has 0 bridgehead atoms. The summed E-state index contributed by atoms with van der Waals surface area (Å²) in [5, 5.41) is 2.94. The van der Waals surface area contributed by atoms with Crippen molar-refractivity contribution in [2.45, 2.75) is 26.1 Å². The van der Waals surface area contributed by atoms with Gasteiger partial charge in [0.05, 0.1) is 18.5 Å². The highest BCUT2D eigenvalue weighted by atomic mass is 16.6. The number of fused-ring (bicyclic) bond motifs is 2. The number of methoxy groups -OCH3 is 1. The monoisotopic (exact) mass is 429 g/mol. The third kappa shape index (κ3) is 3.62. The summed E-state index contributed by atoms with van der Waals surface area (Å²) >= 11 is 0. The van der Waals surface area contributed by atoms with Crippen LogP contribution in [0.2, 0.25) is 0 Å². The van der Waals surface area contributed by atoms with Gasteiger partial charge >= 0.3 is 0 Å². The number of carbonyl (C=O) groups is 1. The summed E-state index contributed by atoms with van der Waals surface area (Å²) in [7, 11) is 1.57. The molecular formula is C25H23N3O4. The molecule has 5 rings (SSSR count). The van der Waals surface area contributed by atoms with Crippen molar-refractivity contribution >= 4 is 17.2 Å². The van der Waals surface area contributed by atoms with Gasteiger partial charge in [-0.3, -0.25) is 4.79 Å². The molecule has 1 amide bonds. The van der Waals surface area contributed by atoms with Crippen LogP contribution in [0.25, 0.3) is 16.9 Å². The maximum atomic E-state index is 13.1. The van der Waals surface area contributed by atoms with Crippen LogP contribution in [0.1, 0.15) is 12.5 Å². The Labute approximate surface area is 185 Å². The lowest BCUT2D eigenvalue weighted by atomic mass is 10.1. The fourth-order valence-corrected chi connectivity index (χ4v) is 3.80. The number of ether oxygens (including phenoxy) is 3. The number of aryl methyl sites for hydroxylation is 1. The second-order valence-corrected chi connectivity index (χ2v) is 7.81. The van der Waals surface area contributed by atoms with Crippen LogP contribution in [0.15, 0.2) is 67.0 Å². The van der Waals surface area contributed by atoms with E-state index in [2.05, 4.69) is 5.32 Å². The standard InChI is InChI=1S/C25H23N3O4/c1-15-10-11-28-14-19(26-23(28)12-15)17-8-9-20(30-3)18(13-17)27-25(29)24-16(2)31-21-6-4-5-7-22(21)32-24/h4-14,16,24H,1-3H3,(H,27,29). The number of benzene rings is 2. The molecule has 0 saturated carbocycles. The van der Waals surface area contributed by atoms with Gasteiger partial charge in [-0.25, -0.2) is 4.98 Å². The molecule has 1 aliphatic heterocycles. The number of anilines is 1. The zero-order valence-electron chi connectivity index (χ0n) is 18.0. The van der Waals surface area contributed by atoms with Crippen LogP contribution in [0.3, 0.4) is 0 Å². The highest BCUT2D eigenvalue weighted by molar-refractivity contribution is 5.97. The quantitative estimate of drug-likeness (QED) is 0.518. The zero-order chi connectivity index (χ0) is 22.2. The summed E-state index contributed by atoms with van der Waals surface area (Å²) in [6.45, 7) is 3.85. The van der Waals surface area contributed by atoms with E-state index < -0.39 is 12.2 Å². The molecule has 2 atom stereocenters. The SMILES string of the molecule is COc1ccc(-c2cn3ccc(C)cc3n2)cc1NC(=O)C1Oc2ccccc2OC1C. The van der Waals surface area contributed by atoms with E-state index >= 15 is 0 Å². The van der Waals surface area contributed by atoms with Gasteiger partial charge in [-0.15, -0.1) is 0 Å². The fourth-order valence-electron chi connectivity index (χ4n) is 3.80. The number of hydrogen-bond donors (Lipinski definition) is 1. The van der Waals surface area contributed by atoms with E-state index in [4.69, 9.17) is 19.2 Å². The molecule has 1 aliphatic rings. The smallest absolute Gasteiger partial charge is 0.269 e. The van der Waals surface area contributed by atoms with Crippen molar-refractivity contribution in [3.05, 3.63) is 72.6 Å². The number of carbonyl (C=O) groups excluding carboxylic acids is 1. The predicted molar refractivity (Wildman–Crippen MR) is 121 cm³/mol. The second-order valence-electron chi connectivity index (χ2n) is 7.81. The number of amides is 1. The van der Waals surface area contributed by atoms with Gasteiger partial charge in [-0.1, -0.05) is 12.1 Å². The van der Waals surface area contributed by atoms with E-state index in [-0.39, 0.29) is 5.91 Å². The van der Waals surface area contributed by atoms with Crippen LogP contribution in [0.5, 0.6) is 17.2 Å². The molecule has 0 saturated heterocycles. The number of imidazole rings is 1. The summed E-state index contributed by atoms with van der Waals surface area (Å²) in [6.07, 6.45) is 2.70. The molecule has 2 aromatic carbocycles. The highest BCUT2D eigenvalue weighted by Gasteiger charge is 2.34. The number of aromatic nitrogens is 2. The van der Waals surface area contributed by atoms with Gasteiger partial charge in [0.15, 0.2) is 11.5 Å². The maximum absolute atomic E-state index is 13.1. The maximum Gasteiger partial charge on any atom is 0.269 e. The number of nitrogens with zero attached hydrogens (tertiary/aromatic N) is 2. The van der Waals surface area contributed by atoms with Gasteiger partial charge in [0, 0.05) is 18.0 Å². The first-order valence-corrected chi connectivity index (χ1v) is 10.4. The number of rotatable bonds is 4. The fraction of sp³-hybridized carbons (Fsp3) is 0.200. The lowest BCUT2D eigenvalue weighted by Crippen LogP contribution is -2.46. The van der Waals surface area contributed by atoms with Gasteiger partial charge < -0.3 is 23.9 Å². The van der Waals surface area contributed by atoms with Crippen molar-refractivity contribution in [1.29, 1.82) is 0 Å². The molecule has 3 heterocycles. The number of pyridine rings is 1. The molecule has 0 aliphatic carbocycles. The average molecular weight is 429 g/mol. The van der Waals surface area contributed by atoms with Gasteiger partial charge in [-0.2, -0.15) is 0 Å². The molecule has 7 nitrogen and oxygen atoms in total. The van der Waals surface area contributed by atoms with Crippen LogP contribution < -0.4 is 19.5 Å². The van der Waals surface area contributed by atoms with Crippen LogP contribution >= 0.6 is 0 Å². The Bertz CT molecular complexity index is 1310. The molecule has 7 heteroatoms. The Morgan fingerprint density at radius 1 is 1.09 bits per heavy atom. The third-order valence-corrected chi connectivity index (χ3v) is 5.47. The van der Waals surface area contributed by atoms with E-state index in [0.29, 0.717) is 22.9 Å². The van der Waals surface area contributed by atoms with E-state index in [0.717, 1.165) is 22.5 Å². The molecule has 2 unspecified atom stereocenters. The molecule has 2 aromatic heterocycles. The van der Waals surface area contributed by atoms with Gasteiger partial charge in [0.2, 0.25) is 6.10 Å². The number of nitrogens with one attached hydrogen (secondary N) is 1. The molecule has 32 heavy (non-hydrogen) atoms. The van der Waals surface area contributed by atoms with Crippen molar-refractivity contribution in [3.63, 3.8) is 0 Å². The number of para-hydroxylation sites is 2. The molecular weight excluding hydrogens is 406 g/mol. The van der Waals surface area contributed by atoms with Crippen LogP contribution in [0, 0.1) is 6.92 Å². The topological polar surface area (TPSA) is 74.1 Å². The highest BCUT2D eigenvalue weighted by Crippen LogP contribution is 2.35. The summed E-state index contributed by atoms with van der Waals surface area (Å²) in [5.41, 5.74) is 4.21. The summed E-state index contributed by atoms with van der Waals surface area (Å²) in [6, 6.07) is 17.0. The van der Waals surface area contributed by atoms with Crippen molar-refractivity contribution in [2.75, 3.05) is 12.4 Å². The van der Waals surface area contributed by atoms with Gasteiger partial charge in [0.25, 0.3) is 5.91 Å². The second kappa shape index (κ2) is 7.92. The van der Waals surface area contributed by atoms with Crippen molar-refractivity contribution < 1.29 is 19.0 Å². The molecule has 162 valence electrons. The summed E-state index contributed by atoms with van der Waals surface area (Å²) in [5.74, 6) is 1.41. The summed E-state index contributed by atoms with van der Waals surface area (Å²) < 4.78 is 19.2. The van der Waals surface area contributed by atoms with E-state index in [1.807, 2.05) is 79.2 Å². The Morgan fingerprint density at radius 2 is 1.88 bits per heavy atom. The van der Waals surface area contributed by atoms with Crippen molar-refractivity contribution in [2.24, 2.45) is 0 Å². The van der Waals surface area contributed by atoms with E-state index in [1.54, 1.807) is 13.2 Å². The lowest BCUT2D eigenvalue weighted by Gasteiger charge is -2.31. The Kier molecular flexibility index (Phi) is 4.93. The average Bonchev–Trinajstić information content (AvgIpc) is 3.21. The molecule has 4 aromatic rings. The minimum Gasteiger partial charge on any atom is -0.495 e. The summed E-state index contributed by atoms with van der Waals surface area (Å²) in [4.78, 5) is 17.8. The third-order valence-electron chi connectivity index (χ3n) is 5.47. The van der Waals surface area contributed by atoms with E-state index in [9.17, 15) is 4.79 Å². The zero-order valence-corrected chi connectivity index (χ0v) is 18.0. The predicted octanol–water partition coefficient (Wildman–Crippen LogP) is 4.49. The van der Waals surface area contributed by atoms with Gasteiger partial charge in [-0.05, 0) is 61.9 Å². The first-order chi connectivity index (χ1) is 15.5. The Hall–Kier alpha value is -4.00. The molecule has 0 radical (unpaired) electrons.